The molecule has 0 spiro atoms. The second-order valence-electron chi connectivity index (χ2n) is 10.6. The first-order chi connectivity index (χ1) is 21.7. The van der Waals surface area contributed by atoms with Crippen molar-refractivity contribution in [2.75, 3.05) is 26.1 Å². The van der Waals surface area contributed by atoms with Crippen LogP contribution in [0.25, 0.3) is 22.3 Å². The number of para-hydroxylation sites is 2. The van der Waals surface area contributed by atoms with Gasteiger partial charge in [0.2, 0.25) is 0 Å². The molecule has 0 saturated heterocycles. The molecule has 5 rings (SSSR count). The molecule has 0 aliphatic heterocycles. The number of methoxy groups -OCH3 is 2. The molecule has 1 amide bonds. The summed E-state index contributed by atoms with van der Waals surface area (Å²) < 4.78 is 18.4. The van der Waals surface area contributed by atoms with Gasteiger partial charge in [-0.2, -0.15) is 9.78 Å². The van der Waals surface area contributed by atoms with Crippen LogP contribution < -0.4 is 25.1 Å². The molecule has 0 aliphatic rings. The number of carbonyl (C=O) groups is 1. The molecule has 0 saturated carbocycles. The molecule has 0 bridgehead atoms. The van der Waals surface area contributed by atoms with Gasteiger partial charge in [-0.25, -0.2) is 4.98 Å². The van der Waals surface area contributed by atoms with E-state index in [9.17, 15) is 9.59 Å². The highest BCUT2D eigenvalue weighted by Gasteiger charge is 2.19. The number of amides is 1. The SMILES string of the molecule is COc1cc(C)c(-c2nc3ccccc3c(=O)n2N=Cc2cc(Cl)cc(OC)c2OCC(=O)Nc2ccccc2)cc1C(C)C. The van der Waals surface area contributed by atoms with E-state index < -0.39 is 0 Å². The number of halogens is 1. The first-order valence-corrected chi connectivity index (χ1v) is 14.7. The number of nitrogens with zero attached hydrogens (tertiary/aromatic N) is 3. The zero-order chi connectivity index (χ0) is 32.1. The number of hydrogen-bond acceptors (Lipinski definition) is 7. The molecule has 0 atom stereocenters. The van der Waals surface area contributed by atoms with Gasteiger partial charge in [-0.1, -0.05) is 55.8 Å². The normalized spacial score (nSPS) is 11.3. The van der Waals surface area contributed by atoms with Crippen molar-refractivity contribution >= 4 is 40.3 Å². The van der Waals surface area contributed by atoms with E-state index in [1.807, 2.05) is 43.3 Å². The van der Waals surface area contributed by atoms with Crippen molar-refractivity contribution in [3.8, 4) is 28.6 Å². The number of aromatic nitrogens is 2. The highest BCUT2D eigenvalue weighted by molar-refractivity contribution is 6.31. The smallest absolute Gasteiger partial charge is 0.282 e. The Morgan fingerprint density at radius 2 is 1.71 bits per heavy atom. The number of aryl methyl sites for hydroxylation is 1. The van der Waals surface area contributed by atoms with E-state index in [0.29, 0.717) is 38.8 Å². The Hall–Kier alpha value is -5.15. The molecule has 0 aliphatic carbocycles. The molecule has 4 aromatic carbocycles. The molecule has 5 aromatic rings. The number of nitrogens with one attached hydrogen (secondary N) is 1. The second-order valence-corrected chi connectivity index (χ2v) is 11.0. The monoisotopic (exact) mass is 624 g/mol. The predicted molar refractivity (Wildman–Crippen MR) is 178 cm³/mol. The minimum atomic E-state index is -0.366. The van der Waals surface area contributed by atoms with E-state index >= 15 is 0 Å². The van der Waals surface area contributed by atoms with Gasteiger partial charge in [-0.05, 0) is 66.4 Å². The van der Waals surface area contributed by atoms with Crippen LogP contribution in [0.3, 0.4) is 0 Å². The third kappa shape index (κ3) is 6.84. The van der Waals surface area contributed by atoms with Crippen LogP contribution in [0, 0.1) is 6.92 Å². The zero-order valence-corrected chi connectivity index (χ0v) is 26.4. The van der Waals surface area contributed by atoms with Crippen LogP contribution in [-0.2, 0) is 4.79 Å². The van der Waals surface area contributed by atoms with Gasteiger partial charge in [0.05, 0.1) is 31.3 Å². The van der Waals surface area contributed by atoms with Crippen LogP contribution in [0.2, 0.25) is 5.02 Å². The Morgan fingerprint density at radius 3 is 2.42 bits per heavy atom. The van der Waals surface area contributed by atoms with Gasteiger partial charge in [0.25, 0.3) is 11.5 Å². The molecule has 230 valence electrons. The summed E-state index contributed by atoms with van der Waals surface area (Å²) in [4.78, 5) is 31.5. The fourth-order valence-electron chi connectivity index (χ4n) is 4.94. The molecule has 1 heterocycles. The third-order valence-electron chi connectivity index (χ3n) is 7.18. The maximum atomic E-state index is 13.9. The van der Waals surface area contributed by atoms with Crippen molar-refractivity contribution < 1.29 is 19.0 Å². The average molecular weight is 625 g/mol. The Balaban J connectivity index is 1.61. The van der Waals surface area contributed by atoms with E-state index in [1.165, 1.54) is 18.0 Å². The van der Waals surface area contributed by atoms with Crippen LogP contribution in [0.1, 0.15) is 36.5 Å². The van der Waals surface area contributed by atoms with Crippen molar-refractivity contribution in [2.45, 2.75) is 26.7 Å². The Labute approximate surface area is 266 Å². The van der Waals surface area contributed by atoms with Crippen LogP contribution in [0.15, 0.2) is 88.8 Å². The minimum absolute atomic E-state index is 0.154. The lowest BCUT2D eigenvalue weighted by atomic mass is 9.96. The van der Waals surface area contributed by atoms with Gasteiger partial charge < -0.3 is 19.5 Å². The number of rotatable bonds is 10. The van der Waals surface area contributed by atoms with Gasteiger partial charge in [-0.15, -0.1) is 0 Å². The van der Waals surface area contributed by atoms with E-state index in [-0.39, 0.29) is 29.7 Å². The number of ether oxygens (including phenoxy) is 3. The first-order valence-electron chi connectivity index (χ1n) is 14.3. The summed E-state index contributed by atoms with van der Waals surface area (Å²) in [6, 6.07) is 23.3. The van der Waals surface area contributed by atoms with E-state index in [2.05, 4.69) is 24.3 Å². The van der Waals surface area contributed by atoms with Crippen LogP contribution in [-0.4, -0.2) is 42.6 Å². The van der Waals surface area contributed by atoms with Crippen LogP contribution in [0.4, 0.5) is 5.69 Å². The molecular weight excluding hydrogens is 592 g/mol. The molecule has 10 heteroatoms. The number of benzene rings is 4. The second kappa shape index (κ2) is 13.7. The highest BCUT2D eigenvalue weighted by Crippen LogP contribution is 2.35. The number of hydrogen-bond donors (Lipinski definition) is 1. The largest absolute Gasteiger partial charge is 0.496 e. The standard InChI is InChI=1S/C35H33ClN4O5/c1-21(2)27-18-28(22(3)15-30(27)43-4)34-39-29-14-10-9-13-26(29)35(42)40(34)37-19-23-16-24(36)17-31(44-5)33(23)45-20-32(41)38-25-11-7-6-8-12-25/h6-19,21H,20H2,1-5H3,(H,38,41). The van der Waals surface area contributed by atoms with E-state index in [4.69, 9.17) is 30.8 Å². The topological polar surface area (TPSA) is 104 Å². The van der Waals surface area contributed by atoms with Crippen LogP contribution >= 0.6 is 11.6 Å². The predicted octanol–water partition coefficient (Wildman–Crippen LogP) is 7.07. The van der Waals surface area contributed by atoms with Crippen LogP contribution in [0.5, 0.6) is 17.2 Å². The maximum absolute atomic E-state index is 13.9. The highest BCUT2D eigenvalue weighted by atomic mass is 35.5. The van der Waals surface area contributed by atoms with Crippen molar-refractivity contribution in [1.29, 1.82) is 0 Å². The lowest BCUT2D eigenvalue weighted by molar-refractivity contribution is -0.118. The minimum Gasteiger partial charge on any atom is -0.496 e. The molecular formula is C35H33ClN4O5. The first kappa shape index (κ1) is 31.3. The van der Waals surface area contributed by atoms with Crippen molar-refractivity contribution in [1.82, 2.24) is 9.66 Å². The van der Waals surface area contributed by atoms with Gasteiger partial charge in [0, 0.05) is 27.9 Å². The summed E-state index contributed by atoms with van der Waals surface area (Å²) >= 11 is 6.42. The summed E-state index contributed by atoms with van der Waals surface area (Å²) in [5.41, 5.74) is 3.79. The quantitative estimate of drug-likeness (QED) is 0.167. The molecule has 1 aromatic heterocycles. The maximum Gasteiger partial charge on any atom is 0.282 e. The Kier molecular flexibility index (Phi) is 9.49. The van der Waals surface area contributed by atoms with Crippen molar-refractivity contribution in [3.63, 3.8) is 0 Å². The molecule has 0 fully saturated rings. The van der Waals surface area contributed by atoms with E-state index in [1.54, 1.807) is 49.6 Å². The Morgan fingerprint density at radius 1 is 1.00 bits per heavy atom. The molecule has 0 radical (unpaired) electrons. The molecule has 1 N–H and O–H groups in total. The fourth-order valence-corrected chi connectivity index (χ4v) is 5.16. The van der Waals surface area contributed by atoms with Crippen molar-refractivity contribution in [2.24, 2.45) is 5.10 Å². The summed E-state index contributed by atoms with van der Waals surface area (Å²) in [7, 11) is 3.11. The summed E-state index contributed by atoms with van der Waals surface area (Å²) in [5, 5.41) is 8.17. The Bertz CT molecular complexity index is 1950. The van der Waals surface area contributed by atoms with Gasteiger partial charge in [0.15, 0.2) is 23.9 Å². The number of carbonyl (C=O) groups excluding carboxylic acids is 1. The zero-order valence-electron chi connectivity index (χ0n) is 25.6. The van der Waals surface area contributed by atoms with Gasteiger partial charge in [0.1, 0.15) is 5.75 Å². The van der Waals surface area contributed by atoms with Gasteiger partial charge >= 0.3 is 0 Å². The summed E-state index contributed by atoms with van der Waals surface area (Å²) in [5.74, 6) is 1.44. The average Bonchev–Trinajstić information content (AvgIpc) is 3.03. The van der Waals surface area contributed by atoms with Crippen molar-refractivity contribution in [3.05, 3.63) is 111 Å². The fraction of sp³-hybridized carbons (Fsp3) is 0.200. The lowest BCUT2D eigenvalue weighted by Crippen LogP contribution is -2.21. The summed E-state index contributed by atoms with van der Waals surface area (Å²) in [6.07, 6.45) is 1.45. The third-order valence-corrected chi connectivity index (χ3v) is 7.40. The lowest BCUT2D eigenvalue weighted by Gasteiger charge is -2.17. The number of anilines is 1. The summed E-state index contributed by atoms with van der Waals surface area (Å²) in [6.45, 7) is 5.78. The molecule has 45 heavy (non-hydrogen) atoms. The molecule has 9 nitrogen and oxygen atoms in total. The van der Waals surface area contributed by atoms with E-state index in [0.717, 1.165) is 22.4 Å². The molecule has 0 unspecified atom stereocenters. The van der Waals surface area contributed by atoms with Gasteiger partial charge in [-0.3, -0.25) is 9.59 Å². The number of fused-ring (bicyclic) bond motifs is 1.